The first-order valence-corrected chi connectivity index (χ1v) is 13.0. The van der Waals surface area contributed by atoms with Gasteiger partial charge in [-0.2, -0.15) is 18.2 Å². The van der Waals surface area contributed by atoms with E-state index in [1.165, 1.54) is 4.57 Å². The number of anilines is 1. The van der Waals surface area contributed by atoms with Crippen molar-refractivity contribution in [3.63, 3.8) is 0 Å². The molecule has 0 unspecified atom stereocenters. The Morgan fingerprint density at radius 2 is 2.08 bits per heavy atom. The third-order valence-electron chi connectivity index (χ3n) is 7.21. The number of benzene rings is 1. The molecule has 2 atom stereocenters. The van der Waals surface area contributed by atoms with Gasteiger partial charge < -0.3 is 29.2 Å². The Labute approximate surface area is 224 Å². The van der Waals surface area contributed by atoms with Gasteiger partial charge in [0, 0.05) is 42.6 Å². The van der Waals surface area contributed by atoms with Gasteiger partial charge >= 0.3 is 6.18 Å². The summed E-state index contributed by atoms with van der Waals surface area (Å²) >= 11 is 0. The summed E-state index contributed by atoms with van der Waals surface area (Å²) in [5.41, 5.74) is 1.87. The molecule has 0 aliphatic carbocycles. The minimum absolute atomic E-state index is 0.0236. The molecule has 0 saturated carbocycles. The fraction of sp³-hybridized carbons (Fsp3) is 0.444. The molecule has 208 valence electrons. The summed E-state index contributed by atoms with van der Waals surface area (Å²) in [6, 6.07) is 8.88. The summed E-state index contributed by atoms with van der Waals surface area (Å²) in [4.78, 5) is 19.0. The number of nitrogens with one attached hydrogen (secondary N) is 2. The second-order valence-corrected chi connectivity index (χ2v) is 10.2. The molecule has 0 spiro atoms. The number of carbonyl (C=O) groups is 1. The third kappa shape index (κ3) is 5.95. The first-order chi connectivity index (χ1) is 18.6. The number of aryl methyl sites for hydroxylation is 1. The lowest BCUT2D eigenvalue weighted by Crippen LogP contribution is -2.43. The molecule has 2 N–H and O–H groups in total. The van der Waals surface area contributed by atoms with Gasteiger partial charge in [0.1, 0.15) is 6.54 Å². The van der Waals surface area contributed by atoms with E-state index in [0.29, 0.717) is 22.4 Å². The fourth-order valence-electron chi connectivity index (χ4n) is 5.17. The number of rotatable bonds is 8. The molecule has 0 bridgehead atoms. The van der Waals surface area contributed by atoms with E-state index in [-0.39, 0.29) is 35.9 Å². The third-order valence-corrected chi connectivity index (χ3v) is 7.21. The number of amides is 1. The molecule has 5 rings (SSSR count). The number of piperidine rings is 1. The van der Waals surface area contributed by atoms with Crippen molar-refractivity contribution in [2.24, 2.45) is 5.92 Å². The lowest BCUT2D eigenvalue weighted by molar-refractivity contribution is -0.139. The maximum atomic E-state index is 13.7. The second kappa shape index (κ2) is 10.8. The lowest BCUT2D eigenvalue weighted by atomic mass is 9.94. The molecule has 9 nitrogen and oxygen atoms in total. The largest absolute Gasteiger partial charge is 0.406 e. The van der Waals surface area contributed by atoms with E-state index in [1.807, 2.05) is 17.6 Å². The molecule has 1 aliphatic heterocycles. The van der Waals surface area contributed by atoms with Gasteiger partial charge in [-0.3, -0.25) is 4.79 Å². The van der Waals surface area contributed by atoms with Crippen LogP contribution in [0, 0.1) is 5.92 Å². The summed E-state index contributed by atoms with van der Waals surface area (Å²) in [5.74, 6) is 0.185. The van der Waals surface area contributed by atoms with Gasteiger partial charge in [-0.25, -0.2) is 0 Å². The minimum atomic E-state index is -4.46. The van der Waals surface area contributed by atoms with Crippen molar-refractivity contribution in [1.29, 1.82) is 0 Å². The minimum Gasteiger partial charge on any atom is -0.381 e. The first kappa shape index (κ1) is 26.8. The van der Waals surface area contributed by atoms with Gasteiger partial charge in [-0.1, -0.05) is 18.1 Å². The standard InChI is InChI=1S/C27H32F3N7O2/c1-4-36-11-8-18(15-36)26(38)31-13-24-33-25(34-39-24)23-12-19-21(32-20-9-10-35(3)14-17(20)2)6-5-7-22(19)37(23)16-27(28,29)30/h5-8,11-12,15,17,20,32H,4,9-10,13-14,16H2,1-3H3,(H,31,38)/t17-,20+/m0/s1. The Hall–Kier alpha value is -3.80. The highest BCUT2D eigenvalue weighted by atomic mass is 19.4. The van der Waals surface area contributed by atoms with E-state index in [2.05, 4.69) is 39.6 Å². The highest BCUT2D eigenvalue weighted by Crippen LogP contribution is 2.35. The van der Waals surface area contributed by atoms with E-state index < -0.39 is 12.7 Å². The Bertz CT molecular complexity index is 1460. The molecule has 1 amide bonds. The Kier molecular flexibility index (Phi) is 7.39. The monoisotopic (exact) mass is 543 g/mol. The van der Waals surface area contributed by atoms with Crippen LogP contribution in [-0.2, 0) is 19.6 Å². The van der Waals surface area contributed by atoms with Gasteiger partial charge in [0.25, 0.3) is 5.91 Å². The maximum Gasteiger partial charge on any atom is 0.406 e. The summed E-state index contributed by atoms with van der Waals surface area (Å²) in [6.45, 7) is 5.52. The van der Waals surface area contributed by atoms with Crippen LogP contribution in [0.5, 0.6) is 0 Å². The maximum absolute atomic E-state index is 13.7. The number of halogens is 3. The normalized spacial score (nSPS) is 18.5. The number of likely N-dealkylation sites (tertiary alicyclic amines) is 1. The van der Waals surface area contributed by atoms with Crippen LogP contribution in [0.1, 0.15) is 36.5 Å². The Morgan fingerprint density at radius 3 is 2.79 bits per heavy atom. The van der Waals surface area contributed by atoms with Crippen molar-refractivity contribution in [2.75, 3.05) is 25.5 Å². The van der Waals surface area contributed by atoms with Gasteiger partial charge in [-0.15, -0.1) is 0 Å². The predicted molar refractivity (Wildman–Crippen MR) is 141 cm³/mol. The van der Waals surface area contributed by atoms with Gasteiger partial charge in [0.2, 0.25) is 11.7 Å². The predicted octanol–water partition coefficient (Wildman–Crippen LogP) is 4.76. The molecule has 1 saturated heterocycles. The molecule has 1 aromatic carbocycles. The quantitative estimate of drug-likeness (QED) is 0.333. The van der Waals surface area contributed by atoms with Crippen LogP contribution >= 0.6 is 0 Å². The van der Waals surface area contributed by atoms with Crippen molar-refractivity contribution in [1.82, 2.24) is 29.5 Å². The molecule has 0 radical (unpaired) electrons. The average molecular weight is 544 g/mol. The zero-order chi connectivity index (χ0) is 27.7. The van der Waals surface area contributed by atoms with Crippen LogP contribution in [0.15, 0.2) is 47.2 Å². The van der Waals surface area contributed by atoms with Crippen molar-refractivity contribution < 1.29 is 22.5 Å². The van der Waals surface area contributed by atoms with E-state index >= 15 is 0 Å². The van der Waals surface area contributed by atoms with E-state index in [0.717, 1.165) is 31.7 Å². The van der Waals surface area contributed by atoms with Crippen LogP contribution in [0.25, 0.3) is 22.4 Å². The number of hydrogen-bond acceptors (Lipinski definition) is 6. The number of fused-ring (bicyclic) bond motifs is 1. The van der Waals surface area contributed by atoms with Crippen molar-refractivity contribution in [3.8, 4) is 11.5 Å². The molecule has 1 aliphatic rings. The molecular formula is C27H32F3N7O2. The van der Waals surface area contributed by atoms with Gasteiger partial charge in [0.05, 0.1) is 23.3 Å². The SMILES string of the molecule is CCn1ccc(C(=O)NCc2nc(-c3cc4c(N[C@@H]5CCN(C)C[C@@H]5C)cccc4n3CC(F)(F)F)no2)c1. The van der Waals surface area contributed by atoms with E-state index in [1.54, 1.807) is 36.7 Å². The first-order valence-electron chi connectivity index (χ1n) is 13.0. The molecule has 39 heavy (non-hydrogen) atoms. The number of carbonyl (C=O) groups excluding carboxylic acids is 1. The van der Waals surface area contributed by atoms with E-state index in [4.69, 9.17) is 4.52 Å². The number of aromatic nitrogens is 4. The Morgan fingerprint density at radius 1 is 1.26 bits per heavy atom. The summed E-state index contributed by atoms with van der Waals surface area (Å²) < 4.78 is 49.3. The fourth-order valence-corrected chi connectivity index (χ4v) is 5.17. The number of hydrogen-bond donors (Lipinski definition) is 2. The summed E-state index contributed by atoms with van der Waals surface area (Å²) in [6.07, 6.45) is 0.00701. The molecule has 1 fully saturated rings. The summed E-state index contributed by atoms with van der Waals surface area (Å²) in [5, 5.41) is 10.9. The van der Waals surface area contributed by atoms with Crippen molar-refractivity contribution in [3.05, 3.63) is 54.2 Å². The topological polar surface area (TPSA) is 93.2 Å². The van der Waals surface area contributed by atoms with Crippen LogP contribution in [-0.4, -0.2) is 62.4 Å². The van der Waals surface area contributed by atoms with Crippen LogP contribution < -0.4 is 10.6 Å². The average Bonchev–Trinajstić information content (AvgIpc) is 3.63. The molecular weight excluding hydrogens is 511 g/mol. The molecule has 12 heteroatoms. The van der Waals surface area contributed by atoms with Crippen molar-refractivity contribution >= 4 is 22.5 Å². The number of alkyl halides is 3. The molecule has 3 aromatic heterocycles. The van der Waals surface area contributed by atoms with Gasteiger partial charge in [-0.05, 0) is 57.1 Å². The zero-order valence-electron chi connectivity index (χ0n) is 22.1. The van der Waals surface area contributed by atoms with Crippen molar-refractivity contribution in [2.45, 2.75) is 52.1 Å². The zero-order valence-corrected chi connectivity index (χ0v) is 22.1. The Balaban J connectivity index is 1.42. The van der Waals surface area contributed by atoms with Crippen LogP contribution in [0.2, 0.25) is 0 Å². The number of nitrogens with zero attached hydrogens (tertiary/aromatic N) is 5. The molecule has 4 aromatic rings. The van der Waals surface area contributed by atoms with Gasteiger partial charge in [0.15, 0.2) is 0 Å². The molecule has 4 heterocycles. The highest BCUT2D eigenvalue weighted by molar-refractivity contribution is 5.96. The summed E-state index contributed by atoms with van der Waals surface area (Å²) in [7, 11) is 2.09. The highest BCUT2D eigenvalue weighted by Gasteiger charge is 2.32. The van der Waals surface area contributed by atoms with Crippen LogP contribution in [0.3, 0.4) is 0 Å². The smallest absolute Gasteiger partial charge is 0.381 e. The lowest BCUT2D eigenvalue weighted by Gasteiger charge is -2.36. The van der Waals surface area contributed by atoms with E-state index in [9.17, 15) is 18.0 Å². The van der Waals surface area contributed by atoms with Crippen LogP contribution in [0.4, 0.5) is 18.9 Å². The second-order valence-electron chi connectivity index (χ2n) is 10.2.